The highest BCUT2D eigenvalue weighted by Gasteiger charge is 2.30. The molecule has 0 amide bonds. The molecule has 92 valence electrons. The van der Waals surface area contributed by atoms with E-state index in [0.717, 1.165) is 0 Å². The average Bonchev–Trinajstić information content (AvgIpc) is 2.23. The topological polar surface area (TPSA) is 35.5 Å². The zero-order valence-corrected chi connectivity index (χ0v) is 8.61. The van der Waals surface area contributed by atoms with Crippen LogP contribution in [0.4, 0.5) is 13.2 Å². The summed E-state index contributed by atoms with van der Waals surface area (Å²) in [6, 6.07) is 5.46. The first-order valence-corrected chi connectivity index (χ1v) is 4.59. The lowest BCUT2D eigenvalue weighted by Crippen LogP contribution is -2.17. The molecule has 0 atom stereocenters. The molecule has 17 heavy (non-hydrogen) atoms. The fourth-order valence-electron chi connectivity index (χ4n) is 1.09. The standard InChI is InChI=1S/C11H9F3O3/c12-11(13,14)17-10-5-1-3-9(7-10)4-2-6-16-8-15/h1-5,7-8H,6H2. The van der Waals surface area contributed by atoms with Crippen molar-refractivity contribution >= 4 is 12.5 Å². The quantitative estimate of drug-likeness (QED) is 0.592. The number of hydrogen-bond acceptors (Lipinski definition) is 3. The molecule has 0 saturated heterocycles. The van der Waals surface area contributed by atoms with Crippen LogP contribution >= 0.6 is 0 Å². The Labute approximate surface area is 95.5 Å². The molecule has 0 heterocycles. The summed E-state index contributed by atoms with van der Waals surface area (Å²) >= 11 is 0. The minimum absolute atomic E-state index is 0.0633. The van der Waals surface area contributed by atoms with E-state index in [1.165, 1.54) is 30.4 Å². The predicted octanol–water partition coefficient (Wildman–Crippen LogP) is 2.77. The number of carbonyl (C=O) groups is 1. The maximum atomic E-state index is 11.9. The van der Waals surface area contributed by atoms with Gasteiger partial charge in [-0.1, -0.05) is 18.2 Å². The van der Waals surface area contributed by atoms with Gasteiger partial charge in [0, 0.05) is 0 Å². The zero-order valence-electron chi connectivity index (χ0n) is 8.61. The highest BCUT2D eigenvalue weighted by Crippen LogP contribution is 2.23. The number of rotatable bonds is 5. The minimum atomic E-state index is -4.71. The summed E-state index contributed by atoms with van der Waals surface area (Å²) in [6.07, 6.45) is -1.68. The Morgan fingerprint density at radius 3 is 2.71 bits per heavy atom. The van der Waals surface area contributed by atoms with Crippen molar-refractivity contribution < 1.29 is 27.4 Å². The number of hydrogen-bond donors (Lipinski definition) is 0. The summed E-state index contributed by atoms with van der Waals surface area (Å²) in [5, 5.41) is 0. The summed E-state index contributed by atoms with van der Waals surface area (Å²) in [5.74, 6) is -0.295. The highest BCUT2D eigenvalue weighted by molar-refractivity contribution is 5.52. The smallest absolute Gasteiger partial charge is 0.464 e. The van der Waals surface area contributed by atoms with Gasteiger partial charge in [0.2, 0.25) is 0 Å². The molecule has 1 rings (SSSR count). The zero-order chi connectivity index (χ0) is 12.7. The van der Waals surface area contributed by atoms with Gasteiger partial charge in [0.15, 0.2) is 0 Å². The van der Waals surface area contributed by atoms with Crippen LogP contribution in [-0.4, -0.2) is 19.4 Å². The molecule has 0 radical (unpaired) electrons. The summed E-state index contributed by atoms with van der Waals surface area (Å²) in [4.78, 5) is 9.83. The van der Waals surface area contributed by atoms with Crippen LogP contribution in [0.15, 0.2) is 30.3 Å². The number of halogens is 3. The summed E-state index contributed by atoms with van der Waals surface area (Å²) in [6.45, 7) is 0.349. The molecular weight excluding hydrogens is 237 g/mol. The van der Waals surface area contributed by atoms with Gasteiger partial charge in [-0.05, 0) is 23.8 Å². The van der Waals surface area contributed by atoms with Crippen molar-refractivity contribution in [1.82, 2.24) is 0 Å². The summed E-state index contributed by atoms with van der Waals surface area (Å²) in [5.41, 5.74) is 0.515. The van der Waals surface area contributed by atoms with E-state index in [4.69, 9.17) is 0 Å². The van der Waals surface area contributed by atoms with Gasteiger partial charge in [0.1, 0.15) is 12.4 Å². The summed E-state index contributed by atoms with van der Waals surface area (Å²) < 4.78 is 43.9. The molecule has 6 heteroatoms. The van der Waals surface area contributed by atoms with Crippen molar-refractivity contribution in [3.63, 3.8) is 0 Å². The monoisotopic (exact) mass is 246 g/mol. The molecule has 0 saturated carbocycles. The first kappa shape index (κ1) is 13.1. The minimum Gasteiger partial charge on any atom is -0.464 e. The molecule has 1 aromatic rings. The van der Waals surface area contributed by atoms with Gasteiger partial charge in [-0.25, -0.2) is 0 Å². The largest absolute Gasteiger partial charge is 0.573 e. The molecule has 0 N–H and O–H groups in total. The SMILES string of the molecule is O=COCC=Cc1cccc(OC(F)(F)F)c1. The van der Waals surface area contributed by atoms with E-state index < -0.39 is 6.36 Å². The van der Waals surface area contributed by atoms with Crippen molar-refractivity contribution in [2.45, 2.75) is 6.36 Å². The number of carbonyl (C=O) groups excluding carboxylic acids is 1. The van der Waals surface area contributed by atoms with Crippen LogP contribution in [0.1, 0.15) is 5.56 Å². The lowest BCUT2D eigenvalue weighted by atomic mass is 10.2. The maximum absolute atomic E-state index is 11.9. The third kappa shape index (κ3) is 5.60. The second-order valence-corrected chi connectivity index (χ2v) is 2.95. The van der Waals surface area contributed by atoms with E-state index in [2.05, 4.69) is 9.47 Å². The molecule has 1 aromatic carbocycles. The van der Waals surface area contributed by atoms with E-state index in [0.29, 0.717) is 5.56 Å². The Kier molecular flexibility index (Phi) is 4.56. The van der Waals surface area contributed by atoms with E-state index in [1.54, 1.807) is 6.07 Å². The number of ether oxygens (including phenoxy) is 2. The van der Waals surface area contributed by atoms with Gasteiger partial charge in [-0.2, -0.15) is 0 Å². The Morgan fingerprint density at radius 1 is 1.29 bits per heavy atom. The average molecular weight is 246 g/mol. The summed E-state index contributed by atoms with van der Waals surface area (Å²) in [7, 11) is 0. The fourth-order valence-corrected chi connectivity index (χ4v) is 1.09. The van der Waals surface area contributed by atoms with Crippen LogP contribution in [0.25, 0.3) is 6.08 Å². The van der Waals surface area contributed by atoms with Crippen molar-refractivity contribution in [2.24, 2.45) is 0 Å². The van der Waals surface area contributed by atoms with Gasteiger partial charge in [0.25, 0.3) is 6.47 Å². The van der Waals surface area contributed by atoms with Crippen LogP contribution < -0.4 is 4.74 Å². The van der Waals surface area contributed by atoms with Crippen LogP contribution in [0.2, 0.25) is 0 Å². The van der Waals surface area contributed by atoms with Crippen LogP contribution in [-0.2, 0) is 9.53 Å². The lowest BCUT2D eigenvalue weighted by molar-refractivity contribution is -0.274. The predicted molar refractivity (Wildman–Crippen MR) is 54.2 cm³/mol. The van der Waals surface area contributed by atoms with Gasteiger partial charge in [0.05, 0.1) is 0 Å². The molecule has 0 fully saturated rings. The molecule has 0 aliphatic rings. The Morgan fingerprint density at radius 2 is 2.06 bits per heavy atom. The fraction of sp³-hybridized carbons (Fsp3) is 0.182. The van der Waals surface area contributed by atoms with Crippen molar-refractivity contribution in [1.29, 1.82) is 0 Å². The first-order valence-electron chi connectivity index (χ1n) is 4.59. The van der Waals surface area contributed by atoms with E-state index >= 15 is 0 Å². The third-order valence-electron chi connectivity index (χ3n) is 1.66. The molecule has 3 nitrogen and oxygen atoms in total. The molecule has 0 aliphatic heterocycles. The van der Waals surface area contributed by atoms with E-state index in [1.807, 2.05) is 0 Å². The Balaban J connectivity index is 2.65. The Hall–Kier alpha value is -1.98. The first-order chi connectivity index (χ1) is 8.01. The lowest BCUT2D eigenvalue weighted by Gasteiger charge is -2.08. The molecule has 0 spiro atoms. The highest BCUT2D eigenvalue weighted by atomic mass is 19.4. The van der Waals surface area contributed by atoms with E-state index in [-0.39, 0.29) is 18.8 Å². The van der Waals surface area contributed by atoms with Crippen LogP contribution in [0.5, 0.6) is 5.75 Å². The number of alkyl halides is 3. The molecule has 0 unspecified atom stereocenters. The third-order valence-corrected chi connectivity index (χ3v) is 1.66. The molecule has 0 bridgehead atoms. The van der Waals surface area contributed by atoms with Crippen molar-refractivity contribution in [3.8, 4) is 5.75 Å². The molecule has 0 aliphatic carbocycles. The second kappa shape index (κ2) is 5.93. The van der Waals surface area contributed by atoms with Crippen molar-refractivity contribution in [2.75, 3.05) is 6.61 Å². The molecular formula is C11H9F3O3. The normalized spacial score (nSPS) is 11.5. The van der Waals surface area contributed by atoms with Gasteiger partial charge in [-0.3, -0.25) is 4.79 Å². The number of benzene rings is 1. The van der Waals surface area contributed by atoms with Crippen LogP contribution in [0.3, 0.4) is 0 Å². The van der Waals surface area contributed by atoms with E-state index in [9.17, 15) is 18.0 Å². The second-order valence-electron chi connectivity index (χ2n) is 2.95. The van der Waals surface area contributed by atoms with Gasteiger partial charge >= 0.3 is 6.36 Å². The van der Waals surface area contributed by atoms with Gasteiger partial charge in [-0.15, -0.1) is 13.2 Å². The van der Waals surface area contributed by atoms with Gasteiger partial charge < -0.3 is 9.47 Å². The van der Waals surface area contributed by atoms with Crippen LogP contribution in [0, 0.1) is 0 Å². The maximum Gasteiger partial charge on any atom is 0.573 e. The Bertz CT molecular complexity index is 399. The van der Waals surface area contributed by atoms with Crippen molar-refractivity contribution in [3.05, 3.63) is 35.9 Å². The molecule has 0 aromatic heterocycles.